The smallest absolute Gasteiger partial charge is 0.338 e. The van der Waals surface area contributed by atoms with Crippen molar-refractivity contribution in [2.24, 2.45) is 5.92 Å². The highest BCUT2D eigenvalue weighted by Crippen LogP contribution is 2.20. The first kappa shape index (κ1) is 20.0. The number of hydrogen-bond acceptors (Lipinski definition) is 4. The van der Waals surface area contributed by atoms with Crippen LogP contribution in [0.2, 0.25) is 0 Å². The van der Waals surface area contributed by atoms with Crippen molar-refractivity contribution in [3.63, 3.8) is 0 Å². The van der Waals surface area contributed by atoms with Crippen LogP contribution in [-0.4, -0.2) is 25.1 Å². The molecule has 0 spiro atoms. The standard InChI is InChI=1S/C20H22BrNO4/c1-13(2)11-25-17-8-5-15(6-9-17)20(24)26-12-19(23)22-16-7-4-14(3)18(21)10-16/h4-10,13H,11-12H2,1-3H3,(H,22,23). The number of esters is 1. The molecule has 2 rings (SSSR count). The highest BCUT2D eigenvalue weighted by Gasteiger charge is 2.11. The van der Waals surface area contributed by atoms with E-state index in [0.29, 0.717) is 29.5 Å². The summed E-state index contributed by atoms with van der Waals surface area (Å²) in [6.45, 7) is 6.34. The Kier molecular flexibility index (Phi) is 7.21. The Labute approximate surface area is 161 Å². The van der Waals surface area contributed by atoms with Crippen molar-refractivity contribution in [2.75, 3.05) is 18.5 Å². The molecule has 0 aliphatic heterocycles. The van der Waals surface area contributed by atoms with Gasteiger partial charge in [-0.15, -0.1) is 0 Å². The molecule has 0 saturated carbocycles. The molecule has 0 aromatic heterocycles. The molecule has 26 heavy (non-hydrogen) atoms. The first-order valence-corrected chi connectivity index (χ1v) is 9.10. The van der Waals surface area contributed by atoms with Crippen LogP contribution in [0.3, 0.4) is 0 Å². The zero-order valence-corrected chi connectivity index (χ0v) is 16.6. The normalized spacial score (nSPS) is 10.5. The topological polar surface area (TPSA) is 64.6 Å². The molecule has 5 nitrogen and oxygen atoms in total. The minimum Gasteiger partial charge on any atom is -0.493 e. The fraction of sp³-hybridized carbons (Fsp3) is 0.300. The number of rotatable bonds is 7. The van der Waals surface area contributed by atoms with Gasteiger partial charge >= 0.3 is 5.97 Å². The zero-order valence-electron chi connectivity index (χ0n) is 15.0. The maximum absolute atomic E-state index is 12.0. The predicted molar refractivity (Wildman–Crippen MR) is 105 cm³/mol. The van der Waals surface area contributed by atoms with Gasteiger partial charge < -0.3 is 14.8 Å². The molecular formula is C20H22BrNO4. The molecular weight excluding hydrogens is 398 g/mol. The molecule has 0 atom stereocenters. The summed E-state index contributed by atoms with van der Waals surface area (Å²) in [6, 6.07) is 12.1. The monoisotopic (exact) mass is 419 g/mol. The molecule has 0 saturated heterocycles. The number of aryl methyl sites for hydroxylation is 1. The van der Waals surface area contributed by atoms with Crippen LogP contribution in [0, 0.1) is 12.8 Å². The van der Waals surface area contributed by atoms with E-state index in [4.69, 9.17) is 9.47 Å². The molecule has 2 aromatic carbocycles. The third kappa shape index (κ3) is 6.19. The first-order valence-electron chi connectivity index (χ1n) is 8.31. The van der Waals surface area contributed by atoms with Gasteiger partial charge in [0.25, 0.3) is 5.91 Å². The van der Waals surface area contributed by atoms with Crippen molar-refractivity contribution in [3.8, 4) is 5.75 Å². The van der Waals surface area contributed by atoms with Gasteiger partial charge in [-0.05, 0) is 54.8 Å². The number of benzene rings is 2. The first-order chi connectivity index (χ1) is 12.3. The summed E-state index contributed by atoms with van der Waals surface area (Å²) in [7, 11) is 0. The molecule has 0 bridgehead atoms. The second kappa shape index (κ2) is 9.38. The summed E-state index contributed by atoms with van der Waals surface area (Å²) in [5.41, 5.74) is 2.07. The van der Waals surface area contributed by atoms with Crippen molar-refractivity contribution in [2.45, 2.75) is 20.8 Å². The van der Waals surface area contributed by atoms with E-state index < -0.39 is 11.9 Å². The molecule has 0 aliphatic rings. The number of carbonyl (C=O) groups excluding carboxylic acids is 2. The second-order valence-electron chi connectivity index (χ2n) is 6.32. The van der Waals surface area contributed by atoms with Gasteiger partial charge in [-0.3, -0.25) is 4.79 Å². The van der Waals surface area contributed by atoms with E-state index in [9.17, 15) is 9.59 Å². The van der Waals surface area contributed by atoms with E-state index in [1.165, 1.54) is 0 Å². The number of amides is 1. The molecule has 0 unspecified atom stereocenters. The Morgan fingerprint density at radius 1 is 1.12 bits per heavy atom. The van der Waals surface area contributed by atoms with Crippen LogP contribution in [0.15, 0.2) is 46.9 Å². The predicted octanol–water partition coefficient (Wildman–Crippen LogP) is 4.59. The maximum atomic E-state index is 12.0. The molecule has 0 radical (unpaired) electrons. The van der Waals surface area contributed by atoms with Gasteiger partial charge in [0.1, 0.15) is 5.75 Å². The van der Waals surface area contributed by atoms with Crippen LogP contribution in [-0.2, 0) is 9.53 Å². The van der Waals surface area contributed by atoms with Gasteiger partial charge in [0, 0.05) is 10.2 Å². The Morgan fingerprint density at radius 2 is 1.81 bits per heavy atom. The minimum absolute atomic E-state index is 0.351. The number of carbonyl (C=O) groups is 2. The van der Waals surface area contributed by atoms with Gasteiger partial charge in [0.15, 0.2) is 6.61 Å². The van der Waals surface area contributed by atoms with Gasteiger partial charge in [0.2, 0.25) is 0 Å². The van der Waals surface area contributed by atoms with Crippen molar-refractivity contribution >= 4 is 33.5 Å². The van der Waals surface area contributed by atoms with Gasteiger partial charge in [-0.1, -0.05) is 35.8 Å². The third-order valence-corrected chi connectivity index (χ3v) is 4.32. The van der Waals surface area contributed by atoms with Crippen LogP contribution in [0.5, 0.6) is 5.75 Å². The Hall–Kier alpha value is -2.34. The number of hydrogen-bond donors (Lipinski definition) is 1. The summed E-state index contributed by atoms with van der Waals surface area (Å²) in [4.78, 5) is 24.0. The van der Waals surface area contributed by atoms with Crippen LogP contribution in [0.25, 0.3) is 0 Å². The fourth-order valence-corrected chi connectivity index (χ4v) is 2.41. The quantitative estimate of drug-likeness (QED) is 0.666. The van der Waals surface area contributed by atoms with E-state index in [-0.39, 0.29) is 6.61 Å². The molecule has 2 aromatic rings. The van der Waals surface area contributed by atoms with Crippen LogP contribution in [0.1, 0.15) is 29.8 Å². The molecule has 1 N–H and O–H groups in total. The van der Waals surface area contributed by atoms with Gasteiger partial charge in [-0.25, -0.2) is 4.79 Å². The molecule has 138 valence electrons. The largest absolute Gasteiger partial charge is 0.493 e. The summed E-state index contributed by atoms with van der Waals surface area (Å²) >= 11 is 3.41. The lowest BCUT2D eigenvalue weighted by atomic mass is 10.2. The van der Waals surface area contributed by atoms with Crippen molar-refractivity contribution in [3.05, 3.63) is 58.1 Å². The Morgan fingerprint density at radius 3 is 2.42 bits per heavy atom. The highest BCUT2D eigenvalue weighted by molar-refractivity contribution is 9.10. The Bertz CT molecular complexity index is 772. The van der Waals surface area contributed by atoms with Crippen LogP contribution < -0.4 is 10.1 Å². The fourth-order valence-electron chi connectivity index (χ4n) is 2.03. The van der Waals surface area contributed by atoms with E-state index in [0.717, 1.165) is 10.0 Å². The number of anilines is 1. The third-order valence-electron chi connectivity index (χ3n) is 3.46. The van der Waals surface area contributed by atoms with Crippen LogP contribution >= 0.6 is 15.9 Å². The maximum Gasteiger partial charge on any atom is 0.338 e. The van der Waals surface area contributed by atoms with E-state index in [2.05, 4.69) is 35.1 Å². The lowest BCUT2D eigenvalue weighted by Gasteiger charge is -2.10. The molecule has 0 heterocycles. The molecule has 1 amide bonds. The summed E-state index contributed by atoms with van der Waals surface area (Å²) < 4.78 is 11.5. The van der Waals surface area contributed by atoms with E-state index >= 15 is 0 Å². The summed E-state index contributed by atoms with van der Waals surface area (Å²) in [5, 5.41) is 2.69. The number of ether oxygens (including phenoxy) is 2. The zero-order chi connectivity index (χ0) is 19.1. The van der Waals surface area contributed by atoms with Crippen molar-refractivity contribution < 1.29 is 19.1 Å². The lowest BCUT2D eigenvalue weighted by molar-refractivity contribution is -0.119. The highest BCUT2D eigenvalue weighted by atomic mass is 79.9. The van der Waals surface area contributed by atoms with Crippen molar-refractivity contribution in [1.29, 1.82) is 0 Å². The molecule has 0 aliphatic carbocycles. The average molecular weight is 420 g/mol. The summed E-state index contributed by atoms with van der Waals surface area (Å²) in [5.74, 6) is 0.164. The lowest BCUT2D eigenvalue weighted by Crippen LogP contribution is -2.21. The minimum atomic E-state index is -0.555. The molecule has 0 fully saturated rings. The van der Waals surface area contributed by atoms with E-state index in [1.54, 1.807) is 36.4 Å². The second-order valence-corrected chi connectivity index (χ2v) is 7.17. The Balaban J connectivity index is 1.83. The summed E-state index contributed by atoms with van der Waals surface area (Å²) in [6.07, 6.45) is 0. The van der Waals surface area contributed by atoms with Crippen molar-refractivity contribution in [1.82, 2.24) is 0 Å². The number of nitrogens with one attached hydrogen (secondary N) is 1. The van der Waals surface area contributed by atoms with Gasteiger partial charge in [-0.2, -0.15) is 0 Å². The number of halogens is 1. The molecule has 6 heteroatoms. The van der Waals surface area contributed by atoms with Gasteiger partial charge in [0.05, 0.1) is 12.2 Å². The van der Waals surface area contributed by atoms with Crippen LogP contribution in [0.4, 0.5) is 5.69 Å². The SMILES string of the molecule is Cc1ccc(NC(=O)COC(=O)c2ccc(OCC(C)C)cc2)cc1Br. The van der Waals surface area contributed by atoms with E-state index in [1.807, 2.05) is 13.0 Å². The average Bonchev–Trinajstić information content (AvgIpc) is 2.61.